The SMILES string of the molecule is O=C1C[C@H](c2c(F)cncc2F)CN1. The molecule has 0 aliphatic carbocycles. The Morgan fingerprint density at radius 3 is 2.50 bits per heavy atom. The number of nitrogens with one attached hydrogen (secondary N) is 1. The van der Waals surface area contributed by atoms with E-state index in [1.807, 2.05) is 0 Å². The minimum atomic E-state index is -0.688. The highest BCUT2D eigenvalue weighted by atomic mass is 19.1. The maximum atomic E-state index is 13.2. The average molecular weight is 198 g/mol. The molecule has 1 atom stereocenters. The molecule has 5 heteroatoms. The van der Waals surface area contributed by atoms with Gasteiger partial charge in [-0.3, -0.25) is 9.78 Å². The van der Waals surface area contributed by atoms with Gasteiger partial charge in [-0.15, -0.1) is 0 Å². The molecule has 2 heterocycles. The van der Waals surface area contributed by atoms with Gasteiger partial charge >= 0.3 is 0 Å². The Balaban J connectivity index is 2.36. The van der Waals surface area contributed by atoms with Crippen molar-refractivity contribution in [3.05, 3.63) is 29.6 Å². The van der Waals surface area contributed by atoms with Gasteiger partial charge < -0.3 is 5.32 Å². The summed E-state index contributed by atoms with van der Waals surface area (Å²) in [6.45, 7) is 0.288. The van der Waals surface area contributed by atoms with E-state index in [0.29, 0.717) is 0 Å². The van der Waals surface area contributed by atoms with Crippen LogP contribution in [0, 0.1) is 11.6 Å². The molecule has 1 saturated heterocycles. The largest absolute Gasteiger partial charge is 0.355 e. The third-order valence-electron chi connectivity index (χ3n) is 2.28. The molecule has 74 valence electrons. The van der Waals surface area contributed by atoms with Crippen LogP contribution in [0.2, 0.25) is 0 Å². The molecule has 2 rings (SSSR count). The third-order valence-corrected chi connectivity index (χ3v) is 2.28. The quantitative estimate of drug-likeness (QED) is 0.730. The van der Waals surface area contributed by atoms with Crippen LogP contribution >= 0.6 is 0 Å². The summed E-state index contributed by atoms with van der Waals surface area (Å²) in [5.74, 6) is -1.96. The van der Waals surface area contributed by atoms with E-state index in [2.05, 4.69) is 10.3 Å². The molecule has 1 aliphatic rings. The molecule has 1 amide bonds. The van der Waals surface area contributed by atoms with Crippen LogP contribution in [0.4, 0.5) is 8.78 Å². The number of carbonyl (C=O) groups is 1. The minimum absolute atomic E-state index is 0.0432. The Morgan fingerprint density at radius 2 is 2.00 bits per heavy atom. The van der Waals surface area contributed by atoms with E-state index in [1.54, 1.807) is 0 Å². The van der Waals surface area contributed by atoms with Gasteiger partial charge in [0.1, 0.15) is 11.6 Å². The van der Waals surface area contributed by atoms with Crippen molar-refractivity contribution in [3.63, 3.8) is 0 Å². The van der Waals surface area contributed by atoms with E-state index in [-0.39, 0.29) is 24.4 Å². The molecule has 1 N–H and O–H groups in total. The van der Waals surface area contributed by atoms with E-state index in [1.165, 1.54) is 0 Å². The zero-order valence-electron chi connectivity index (χ0n) is 7.26. The Bertz CT molecular complexity index is 361. The summed E-state index contributed by atoms with van der Waals surface area (Å²) in [6.07, 6.45) is 2.06. The van der Waals surface area contributed by atoms with Crippen LogP contribution in [0.15, 0.2) is 12.4 Å². The molecular formula is C9H8F2N2O. The summed E-state index contributed by atoms with van der Waals surface area (Å²) >= 11 is 0. The van der Waals surface area contributed by atoms with E-state index in [9.17, 15) is 13.6 Å². The second-order valence-electron chi connectivity index (χ2n) is 3.22. The summed E-state index contributed by atoms with van der Waals surface area (Å²) in [5.41, 5.74) is -0.0432. The highest BCUT2D eigenvalue weighted by Gasteiger charge is 2.28. The molecule has 1 aromatic rings. The van der Waals surface area contributed by atoms with Crippen molar-refractivity contribution >= 4 is 5.91 Å². The number of nitrogens with zero attached hydrogens (tertiary/aromatic N) is 1. The van der Waals surface area contributed by atoms with Crippen LogP contribution in [-0.4, -0.2) is 17.4 Å². The van der Waals surface area contributed by atoms with Crippen molar-refractivity contribution in [1.29, 1.82) is 0 Å². The van der Waals surface area contributed by atoms with E-state index in [4.69, 9.17) is 0 Å². The molecule has 1 aliphatic heterocycles. The number of pyridine rings is 1. The van der Waals surface area contributed by atoms with Gasteiger partial charge in [-0.25, -0.2) is 8.78 Å². The first kappa shape index (κ1) is 9.05. The molecule has 1 aromatic heterocycles. The first-order valence-electron chi connectivity index (χ1n) is 4.24. The topological polar surface area (TPSA) is 42.0 Å². The molecule has 0 spiro atoms. The van der Waals surface area contributed by atoms with Crippen LogP contribution in [0.5, 0.6) is 0 Å². The smallest absolute Gasteiger partial charge is 0.220 e. The van der Waals surface area contributed by atoms with Crippen molar-refractivity contribution in [2.45, 2.75) is 12.3 Å². The van der Waals surface area contributed by atoms with Crippen molar-refractivity contribution in [3.8, 4) is 0 Å². The Labute approximate surface area is 79.1 Å². The molecule has 0 radical (unpaired) electrons. The predicted octanol–water partition coefficient (Wildman–Crippen LogP) is 0.963. The monoisotopic (exact) mass is 198 g/mol. The molecule has 14 heavy (non-hydrogen) atoms. The summed E-state index contributed by atoms with van der Waals surface area (Å²) in [5, 5.41) is 2.53. The molecule has 0 aromatic carbocycles. The number of rotatable bonds is 1. The molecule has 0 bridgehead atoms. The Hall–Kier alpha value is -1.52. The van der Waals surface area contributed by atoms with Crippen LogP contribution < -0.4 is 5.32 Å². The number of hydrogen-bond donors (Lipinski definition) is 1. The lowest BCUT2D eigenvalue weighted by Gasteiger charge is -2.08. The lowest BCUT2D eigenvalue weighted by molar-refractivity contribution is -0.119. The minimum Gasteiger partial charge on any atom is -0.355 e. The second-order valence-corrected chi connectivity index (χ2v) is 3.22. The van der Waals surface area contributed by atoms with Gasteiger partial charge in [-0.2, -0.15) is 0 Å². The molecule has 3 nitrogen and oxygen atoms in total. The standard InChI is InChI=1S/C9H8F2N2O/c10-6-3-12-4-7(11)9(6)5-1-8(14)13-2-5/h3-5H,1-2H2,(H,13,14)/t5-/m0/s1. The first-order valence-corrected chi connectivity index (χ1v) is 4.24. The zero-order valence-corrected chi connectivity index (χ0v) is 7.26. The van der Waals surface area contributed by atoms with E-state index >= 15 is 0 Å². The van der Waals surface area contributed by atoms with Crippen molar-refractivity contribution < 1.29 is 13.6 Å². The zero-order chi connectivity index (χ0) is 10.1. The van der Waals surface area contributed by atoms with Crippen molar-refractivity contribution in [2.24, 2.45) is 0 Å². The van der Waals surface area contributed by atoms with Crippen LogP contribution in [0.3, 0.4) is 0 Å². The van der Waals surface area contributed by atoms with Gasteiger partial charge in [-0.05, 0) is 0 Å². The van der Waals surface area contributed by atoms with Crippen molar-refractivity contribution in [1.82, 2.24) is 10.3 Å². The van der Waals surface area contributed by atoms with E-state index in [0.717, 1.165) is 12.4 Å². The first-order chi connectivity index (χ1) is 6.68. The van der Waals surface area contributed by atoms with Crippen LogP contribution in [0.1, 0.15) is 17.9 Å². The lowest BCUT2D eigenvalue weighted by Crippen LogP contribution is -2.14. The molecule has 0 saturated carbocycles. The normalized spacial score (nSPS) is 21.0. The lowest BCUT2D eigenvalue weighted by atomic mass is 9.98. The summed E-state index contributed by atoms with van der Waals surface area (Å²) < 4.78 is 26.4. The van der Waals surface area contributed by atoms with Crippen LogP contribution in [0.25, 0.3) is 0 Å². The fourth-order valence-electron chi connectivity index (χ4n) is 1.62. The van der Waals surface area contributed by atoms with Gasteiger partial charge in [0.2, 0.25) is 5.91 Å². The molecule has 0 unspecified atom stereocenters. The maximum absolute atomic E-state index is 13.2. The van der Waals surface area contributed by atoms with E-state index < -0.39 is 17.6 Å². The fourth-order valence-corrected chi connectivity index (χ4v) is 1.62. The second kappa shape index (κ2) is 3.32. The van der Waals surface area contributed by atoms with Gasteiger partial charge in [-0.1, -0.05) is 0 Å². The number of aromatic nitrogens is 1. The maximum Gasteiger partial charge on any atom is 0.220 e. The summed E-state index contributed by atoms with van der Waals surface area (Å²) in [4.78, 5) is 14.3. The average Bonchev–Trinajstić information content (AvgIpc) is 2.51. The Kier molecular flexibility index (Phi) is 2.15. The number of hydrogen-bond acceptors (Lipinski definition) is 2. The fraction of sp³-hybridized carbons (Fsp3) is 0.333. The van der Waals surface area contributed by atoms with Gasteiger partial charge in [0.15, 0.2) is 0 Å². The summed E-state index contributed by atoms with van der Waals surface area (Å²) in [6, 6.07) is 0. The highest BCUT2D eigenvalue weighted by molar-refractivity contribution is 5.79. The van der Waals surface area contributed by atoms with Gasteiger partial charge in [0, 0.05) is 24.4 Å². The van der Waals surface area contributed by atoms with Crippen LogP contribution in [-0.2, 0) is 4.79 Å². The highest BCUT2D eigenvalue weighted by Crippen LogP contribution is 2.26. The summed E-state index contributed by atoms with van der Waals surface area (Å²) in [7, 11) is 0. The number of halogens is 2. The van der Waals surface area contributed by atoms with Crippen molar-refractivity contribution in [2.75, 3.05) is 6.54 Å². The molecular weight excluding hydrogens is 190 g/mol. The van der Waals surface area contributed by atoms with Gasteiger partial charge in [0.25, 0.3) is 0 Å². The Morgan fingerprint density at radius 1 is 1.36 bits per heavy atom. The predicted molar refractivity (Wildman–Crippen MR) is 44.5 cm³/mol. The number of carbonyl (C=O) groups excluding carboxylic acids is 1. The molecule has 1 fully saturated rings. The number of amides is 1. The van der Waals surface area contributed by atoms with Gasteiger partial charge in [0.05, 0.1) is 12.4 Å². The third kappa shape index (κ3) is 1.45.